The number of rotatable bonds is 3. The topological polar surface area (TPSA) is 101 Å². The molecule has 0 aliphatic carbocycles. The molecule has 0 heterocycles. The highest BCUT2D eigenvalue weighted by atomic mass is 16.4. The zero-order valence-corrected chi connectivity index (χ0v) is 28.9. The highest BCUT2D eigenvalue weighted by molar-refractivity contribution is 5.88. The van der Waals surface area contributed by atoms with E-state index in [0.717, 1.165) is 22.3 Å². The average molecular weight is 663 g/mol. The zero-order valence-electron chi connectivity index (χ0n) is 28.9. The molecule has 0 bridgehead atoms. The molecule has 0 saturated heterocycles. The van der Waals surface area contributed by atoms with Gasteiger partial charge in [0.15, 0.2) is 11.5 Å². The fourth-order valence-corrected chi connectivity index (χ4v) is 5.46. The Balaban J connectivity index is 0.000000248. The van der Waals surface area contributed by atoms with Crippen molar-refractivity contribution >= 4 is 10.8 Å². The van der Waals surface area contributed by atoms with Crippen LogP contribution >= 0.6 is 0 Å². The minimum absolute atomic E-state index is 0.166. The number of aromatic hydroxyl groups is 5. The van der Waals surface area contributed by atoms with Crippen LogP contribution in [0.2, 0.25) is 0 Å². The quantitative estimate of drug-likeness (QED) is 0.0957. The van der Waals surface area contributed by atoms with E-state index in [2.05, 4.69) is 132 Å². The molecule has 0 aliphatic rings. The first-order valence-electron chi connectivity index (χ1n) is 16.4. The molecule has 0 amide bonds. The summed E-state index contributed by atoms with van der Waals surface area (Å²) in [7, 11) is 0. The van der Waals surface area contributed by atoms with E-state index < -0.39 is 28.7 Å². The lowest BCUT2D eigenvalue weighted by molar-refractivity contribution is 0.330. The minimum Gasteiger partial charge on any atom is -0.504 e. The Morgan fingerprint density at radius 1 is 0.260 bits per heavy atom. The molecule has 0 atom stereocenters. The monoisotopic (exact) mass is 662 g/mol. The molecule has 5 heteroatoms. The second-order valence-corrected chi connectivity index (χ2v) is 12.6. The fraction of sp³-hybridized carbons (Fsp3) is 0.111. The summed E-state index contributed by atoms with van der Waals surface area (Å²) < 4.78 is 0. The van der Waals surface area contributed by atoms with Crippen molar-refractivity contribution in [2.45, 2.75) is 34.6 Å². The van der Waals surface area contributed by atoms with Crippen molar-refractivity contribution in [3.8, 4) is 62.1 Å². The molecule has 0 aromatic heterocycles. The maximum Gasteiger partial charge on any atom is 0.208 e. The number of aryl methyl sites for hydroxylation is 5. The SMILES string of the molecule is Cc1ccc(C)cc1.Cc1ccc(C)cc1.Cc1ccc2cc(-c3ccc(-c4ccc(-c5c(O)c(O)c(O)c(O)c5O)cc4)cc3)ccc2c1. The van der Waals surface area contributed by atoms with Gasteiger partial charge in [-0.05, 0) is 79.3 Å². The normalized spacial score (nSPS) is 10.5. The number of hydrogen-bond acceptors (Lipinski definition) is 5. The summed E-state index contributed by atoms with van der Waals surface area (Å²) >= 11 is 0. The Kier molecular flexibility index (Phi) is 10.8. The molecule has 50 heavy (non-hydrogen) atoms. The molecule has 7 rings (SSSR count). The van der Waals surface area contributed by atoms with E-state index in [9.17, 15) is 25.5 Å². The lowest BCUT2D eigenvalue weighted by Gasteiger charge is -2.13. The third-order valence-electron chi connectivity index (χ3n) is 8.53. The molecule has 0 radical (unpaired) electrons. The molecular weight excluding hydrogens is 620 g/mol. The van der Waals surface area contributed by atoms with Gasteiger partial charge in [0.2, 0.25) is 17.2 Å². The first-order chi connectivity index (χ1) is 23.9. The largest absolute Gasteiger partial charge is 0.504 e. The van der Waals surface area contributed by atoms with Gasteiger partial charge in [-0.3, -0.25) is 0 Å². The van der Waals surface area contributed by atoms with Gasteiger partial charge in [-0.25, -0.2) is 0 Å². The second-order valence-electron chi connectivity index (χ2n) is 12.6. The summed E-state index contributed by atoms with van der Waals surface area (Å²) in [5, 5.41) is 51.9. The number of fused-ring (bicyclic) bond motifs is 1. The minimum atomic E-state index is -0.975. The lowest BCUT2D eigenvalue weighted by atomic mass is 9.96. The van der Waals surface area contributed by atoms with Crippen LogP contribution in [-0.2, 0) is 0 Å². The summed E-state index contributed by atoms with van der Waals surface area (Å²) in [6.07, 6.45) is 0. The molecule has 0 fully saturated rings. The average Bonchev–Trinajstić information content (AvgIpc) is 3.13. The highest BCUT2D eigenvalue weighted by Gasteiger charge is 2.24. The van der Waals surface area contributed by atoms with Crippen LogP contribution in [0.3, 0.4) is 0 Å². The third kappa shape index (κ3) is 8.26. The highest BCUT2D eigenvalue weighted by Crippen LogP contribution is 2.54. The Labute approximate surface area is 293 Å². The lowest BCUT2D eigenvalue weighted by Crippen LogP contribution is -1.85. The Morgan fingerprint density at radius 3 is 0.960 bits per heavy atom. The Morgan fingerprint density at radius 2 is 0.540 bits per heavy atom. The summed E-state index contributed by atoms with van der Waals surface area (Å²) in [6, 6.07) is 44.9. The van der Waals surface area contributed by atoms with Crippen molar-refractivity contribution in [2.75, 3.05) is 0 Å². The maximum absolute atomic E-state index is 10.2. The first kappa shape index (κ1) is 35.1. The predicted octanol–water partition coefficient (Wildman–Crippen LogP) is 11.3. The van der Waals surface area contributed by atoms with Gasteiger partial charge in [0.05, 0.1) is 5.56 Å². The van der Waals surface area contributed by atoms with Crippen LogP contribution in [0.1, 0.15) is 27.8 Å². The number of phenolic OH excluding ortho intramolecular Hbond substituents is 5. The van der Waals surface area contributed by atoms with Gasteiger partial charge >= 0.3 is 0 Å². The molecule has 0 spiro atoms. The first-order valence-corrected chi connectivity index (χ1v) is 16.4. The fourth-order valence-electron chi connectivity index (χ4n) is 5.46. The van der Waals surface area contributed by atoms with Crippen LogP contribution in [0.15, 0.2) is 133 Å². The van der Waals surface area contributed by atoms with E-state index >= 15 is 0 Å². The van der Waals surface area contributed by atoms with Crippen molar-refractivity contribution in [3.63, 3.8) is 0 Å². The standard InChI is InChI=1S/C29H22O5.2C8H10/c1-16-2-3-23-15-22(13-12-21(23)14-16)19-6-4-17(5-7-19)18-8-10-20(11-9-18)24-25(30)27(32)29(34)28(33)26(24)31;2*1-7-3-5-8(2)6-4-7/h2-15,30-34H,1H3;2*3-6H,1-2H3. The number of hydrogen-bond donors (Lipinski definition) is 5. The van der Waals surface area contributed by atoms with E-state index in [-0.39, 0.29) is 5.56 Å². The third-order valence-corrected chi connectivity index (χ3v) is 8.53. The Hall–Kier alpha value is -6.20. The predicted molar refractivity (Wildman–Crippen MR) is 205 cm³/mol. The van der Waals surface area contributed by atoms with E-state index in [4.69, 9.17) is 0 Å². The van der Waals surface area contributed by atoms with Gasteiger partial charge in [0.1, 0.15) is 0 Å². The van der Waals surface area contributed by atoms with Crippen LogP contribution < -0.4 is 0 Å². The van der Waals surface area contributed by atoms with Crippen molar-refractivity contribution in [1.82, 2.24) is 0 Å². The van der Waals surface area contributed by atoms with E-state index in [1.54, 1.807) is 12.1 Å². The Bertz CT molecular complexity index is 2100. The molecule has 0 aliphatic heterocycles. The van der Waals surface area contributed by atoms with Crippen LogP contribution in [0.4, 0.5) is 0 Å². The summed E-state index contributed by atoms with van der Waals surface area (Å²) in [5.41, 5.74) is 10.9. The van der Waals surface area contributed by atoms with Gasteiger partial charge in [0.25, 0.3) is 0 Å². The van der Waals surface area contributed by atoms with Crippen LogP contribution in [0.5, 0.6) is 28.7 Å². The second kappa shape index (κ2) is 15.3. The van der Waals surface area contributed by atoms with Crippen LogP contribution in [0.25, 0.3) is 44.2 Å². The van der Waals surface area contributed by atoms with Crippen LogP contribution in [0, 0.1) is 34.6 Å². The summed E-state index contributed by atoms with van der Waals surface area (Å²) in [5.74, 6) is -4.19. The van der Waals surface area contributed by atoms with E-state index in [1.165, 1.54) is 38.6 Å². The summed E-state index contributed by atoms with van der Waals surface area (Å²) in [6.45, 7) is 10.5. The van der Waals surface area contributed by atoms with Gasteiger partial charge in [-0.1, -0.05) is 155 Å². The molecule has 0 saturated carbocycles. The molecule has 5 nitrogen and oxygen atoms in total. The molecule has 5 N–H and O–H groups in total. The maximum atomic E-state index is 10.2. The zero-order chi connectivity index (χ0) is 35.9. The van der Waals surface area contributed by atoms with Gasteiger partial charge in [-0.2, -0.15) is 0 Å². The van der Waals surface area contributed by atoms with E-state index in [0.29, 0.717) is 5.56 Å². The van der Waals surface area contributed by atoms with Crippen molar-refractivity contribution in [2.24, 2.45) is 0 Å². The van der Waals surface area contributed by atoms with Crippen molar-refractivity contribution in [1.29, 1.82) is 0 Å². The van der Waals surface area contributed by atoms with Crippen LogP contribution in [-0.4, -0.2) is 25.5 Å². The molecular formula is C45H42O5. The smallest absolute Gasteiger partial charge is 0.208 e. The van der Waals surface area contributed by atoms with Crippen molar-refractivity contribution < 1.29 is 25.5 Å². The summed E-state index contributed by atoms with van der Waals surface area (Å²) in [4.78, 5) is 0. The van der Waals surface area contributed by atoms with Gasteiger partial charge in [0, 0.05) is 0 Å². The van der Waals surface area contributed by atoms with Crippen molar-refractivity contribution in [3.05, 3.63) is 161 Å². The molecule has 0 unspecified atom stereocenters. The van der Waals surface area contributed by atoms with E-state index in [1.807, 2.05) is 24.3 Å². The number of benzene rings is 7. The number of phenols is 5. The molecule has 7 aromatic rings. The van der Waals surface area contributed by atoms with Gasteiger partial charge in [-0.15, -0.1) is 0 Å². The molecule has 252 valence electrons. The molecule has 7 aromatic carbocycles. The van der Waals surface area contributed by atoms with Gasteiger partial charge < -0.3 is 25.5 Å².